The first-order chi connectivity index (χ1) is 9.52. The van der Waals surface area contributed by atoms with Gasteiger partial charge in [0.15, 0.2) is 0 Å². The summed E-state index contributed by atoms with van der Waals surface area (Å²) in [5.74, 6) is -0.101. The van der Waals surface area contributed by atoms with Gasteiger partial charge in [0.05, 0.1) is 0 Å². The Morgan fingerprint density at radius 2 is 2.30 bits per heavy atom. The van der Waals surface area contributed by atoms with Crippen LogP contribution in [0.5, 0.6) is 0 Å². The summed E-state index contributed by atoms with van der Waals surface area (Å²) in [5, 5.41) is 6.16. The molecule has 0 spiro atoms. The van der Waals surface area contributed by atoms with E-state index in [1.54, 1.807) is 17.0 Å². The number of aryl methyl sites for hydroxylation is 1. The molecule has 0 radical (unpaired) electrons. The number of anilines is 1. The monoisotopic (exact) mass is 295 g/mol. The Bertz CT molecular complexity index is 533. The van der Waals surface area contributed by atoms with Gasteiger partial charge < -0.3 is 15.5 Å². The molecule has 1 aliphatic heterocycles. The van der Waals surface area contributed by atoms with Crippen molar-refractivity contribution >= 4 is 29.2 Å². The number of hydrogen-bond donors (Lipinski definition) is 2. The SMILES string of the molecule is CCC1C(=O)NCCN1C(=O)Nc1ccc(C)c(Cl)c1. The Balaban J connectivity index is 2.10. The number of piperazine rings is 1. The van der Waals surface area contributed by atoms with Gasteiger partial charge in [-0.3, -0.25) is 4.79 Å². The zero-order valence-electron chi connectivity index (χ0n) is 11.6. The second-order valence-electron chi connectivity index (χ2n) is 4.80. The number of nitrogens with zero attached hydrogens (tertiary/aromatic N) is 1. The second kappa shape index (κ2) is 6.13. The molecule has 1 aliphatic rings. The number of amides is 3. The molecule has 20 heavy (non-hydrogen) atoms. The third-order valence-corrected chi connectivity index (χ3v) is 3.81. The van der Waals surface area contributed by atoms with Crippen molar-refractivity contribution < 1.29 is 9.59 Å². The topological polar surface area (TPSA) is 61.4 Å². The summed E-state index contributed by atoms with van der Waals surface area (Å²) < 4.78 is 0. The van der Waals surface area contributed by atoms with Crippen LogP contribution < -0.4 is 10.6 Å². The normalized spacial score (nSPS) is 18.6. The summed E-state index contributed by atoms with van der Waals surface area (Å²) in [6.45, 7) is 4.78. The van der Waals surface area contributed by atoms with Crippen LogP contribution in [0.4, 0.5) is 10.5 Å². The molecule has 2 rings (SSSR count). The Labute approximate surface area is 123 Å². The summed E-state index contributed by atoms with van der Waals surface area (Å²) in [6, 6.07) is 4.67. The Morgan fingerprint density at radius 1 is 1.55 bits per heavy atom. The third-order valence-electron chi connectivity index (χ3n) is 3.40. The molecular weight excluding hydrogens is 278 g/mol. The van der Waals surface area contributed by atoms with Crippen LogP contribution >= 0.6 is 11.6 Å². The van der Waals surface area contributed by atoms with E-state index in [0.717, 1.165) is 5.56 Å². The number of rotatable bonds is 2. The van der Waals surface area contributed by atoms with Crippen molar-refractivity contribution in [3.63, 3.8) is 0 Å². The standard InChI is InChI=1S/C14H18ClN3O2/c1-3-12-13(19)16-6-7-18(12)14(20)17-10-5-4-9(2)11(15)8-10/h4-5,8,12H,3,6-7H2,1-2H3,(H,16,19)(H,17,20). The van der Waals surface area contributed by atoms with Crippen molar-refractivity contribution in [3.05, 3.63) is 28.8 Å². The predicted molar refractivity (Wildman–Crippen MR) is 79.0 cm³/mol. The van der Waals surface area contributed by atoms with Crippen LogP contribution in [-0.2, 0) is 4.79 Å². The number of carbonyl (C=O) groups is 2. The van der Waals surface area contributed by atoms with Gasteiger partial charge in [0, 0.05) is 23.8 Å². The lowest BCUT2D eigenvalue weighted by molar-refractivity contribution is -0.127. The molecule has 0 bridgehead atoms. The fourth-order valence-corrected chi connectivity index (χ4v) is 2.41. The molecule has 1 unspecified atom stereocenters. The fraction of sp³-hybridized carbons (Fsp3) is 0.429. The number of halogens is 1. The van der Waals surface area contributed by atoms with E-state index in [0.29, 0.717) is 30.2 Å². The summed E-state index contributed by atoms with van der Waals surface area (Å²) in [7, 11) is 0. The molecule has 1 atom stereocenters. The minimum absolute atomic E-state index is 0.101. The summed E-state index contributed by atoms with van der Waals surface area (Å²) in [4.78, 5) is 25.6. The van der Waals surface area contributed by atoms with Crippen LogP contribution in [0.25, 0.3) is 0 Å². The smallest absolute Gasteiger partial charge is 0.322 e. The lowest BCUT2D eigenvalue weighted by atomic mass is 10.1. The van der Waals surface area contributed by atoms with Crippen molar-refractivity contribution in [1.82, 2.24) is 10.2 Å². The molecule has 1 aromatic carbocycles. The lowest BCUT2D eigenvalue weighted by Crippen LogP contribution is -2.57. The van der Waals surface area contributed by atoms with Crippen LogP contribution in [0.3, 0.4) is 0 Å². The summed E-state index contributed by atoms with van der Waals surface area (Å²) in [5.41, 5.74) is 1.58. The van der Waals surface area contributed by atoms with E-state index < -0.39 is 6.04 Å². The van der Waals surface area contributed by atoms with Gasteiger partial charge in [0.2, 0.25) is 5.91 Å². The Hall–Kier alpha value is -1.75. The summed E-state index contributed by atoms with van der Waals surface area (Å²) in [6.07, 6.45) is 0.591. The first kappa shape index (κ1) is 14.7. The second-order valence-corrected chi connectivity index (χ2v) is 5.21. The molecule has 6 heteroatoms. The van der Waals surface area contributed by atoms with Gasteiger partial charge in [0.1, 0.15) is 6.04 Å². The highest BCUT2D eigenvalue weighted by atomic mass is 35.5. The maximum absolute atomic E-state index is 12.3. The molecule has 1 heterocycles. The summed E-state index contributed by atoms with van der Waals surface area (Å²) >= 11 is 6.03. The van der Waals surface area contributed by atoms with Gasteiger partial charge in [-0.15, -0.1) is 0 Å². The quantitative estimate of drug-likeness (QED) is 0.880. The van der Waals surface area contributed by atoms with Crippen LogP contribution in [0.2, 0.25) is 5.02 Å². The van der Waals surface area contributed by atoms with Gasteiger partial charge in [-0.25, -0.2) is 4.79 Å². The molecule has 1 saturated heterocycles. The highest BCUT2D eigenvalue weighted by Crippen LogP contribution is 2.20. The molecule has 1 fully saturated rings. The highest BCUT2D eigenvalue weighted by molar-refractivity contribution is 6.31. The van der Waals surface area contributed by atoms with Crippen molar-refractivity contribution in [2.24, 2.45) is 0 Å². The first-order valence-corrected chi connectivity index (χ1v) is 7.02. The Morgan fingerprint density at radius 3 is 2.95 bits per heavy atom. The van der Waals surface area contributed by atoms with Gasteiger partial charge >= 0.3 is 6.03 Å². The van der Waals surface area contributed by atoms with Gasteiger partial charge in [0.25, 0.3) is 0 Å². The molecule has 0 aliphatic carbocycles. The van der Waals surface area contributed by atoms with Crippen molar-refractivity contribution in [2.75, 3.05) is 18.4 Å². The minimum Gasteiger partial charge on any atom is -0.353 e. The third kappa shape index (κ3) is 3.04. The number of urea groups is 1. The number of benzene rings is 1. The molecule has 0 aromatic heterocycles. The van der Waals surface area contributed by atoms with Crippen LogP contribution in [0.15, 0.2) is 18.2 Å². The Kier molecular flexibility index (Phi) is 4.49. The average Bonchev–Trinajstić information content (AvgIpc) is 2.42. The van der Waals surface area contributed by atoms with Gasteiger partial charge in [-0.1, -0.05) is 24.6 Å². The molecule has 0 saturated carbocycles. The molecule has 2 N–H and O–H groups in total. The maximum Gasteiger partial charge on any atom is 0.322 e. The lowest BCUT2D eigenvalue weighted by Gasteiger charge is -2.34. The predicted octanol–water partition coefficient (Wildman–Crippen LogP) is 2.39. The molecule has 3 amide bonds. The van der Waals surface area contributed by atoms with E-state index in [-0.39, 0.29) is 11.9 Å². The van der Waals surface area contributed by atoms with Crippen LogP contribution in [-0.4, -0.2) is 36.0 Å². The first-order valence-electron chi connectivity index (χ1n) is 6.64. The van der Waals surface area contributed by atoms with E-state index in [9.17, 15) is 9.59 Å². The van der Waals surface area contributed by atoms with Gasteiger partial charge in [-0.2, -0.15) is 0 Å². The van der Waals surface area contributed by atoms with Crippen molar-refractivity contribution in [3.8, 4) is 0 Å². The maximum atomic E-state index is 12.3. The van der Waals surface area contributed by atoms with E-state index in [4.69, 9.17) is 11.6 Å². The largest absolute Gasteiger partial charge is 0.353 e. The highest BCUT2D eigenvalue weighted by Gasteiger charge is 2.31. The van der Waals surface area contributed by atoms with E-state index in [2.05, 4.69) is 10.6 Å². The van der Waals surface area contributed by atoms with Crippen LogP contribution in [0.1, 0.15) is 18.9 Å². The van der Waals surface area contributed by atoms with Crippen LogP contribution in [0, 0.1) is 6.92 Å². The average molecular weight is 296 g/mol. The van der Waals surface area contributed by atoms with E-state index in [1.165, 1.54) is 0 Å². The number of nitrogens with one attached hydrogen (secondary N) is 2. The van der Waals surface area contributed by atoms with E-state index in [1.807, 2.05) is 19.9 Å². The molecule has 5 nitrogen and oxygen atoms in total. The molecular formula is C14H18ClN3O2. The number of carbonyl (C=O) groups excluding carboxylic acids is 2. The molecule has 1 aromatic rings. The van der Waals surface area contributed by atoms with Crippen molar-refractivity contribution in [2.45, 2.75) is 26.3 Å². The van der Waals surface area contributed by atoms with Crippen molar-refractivity contribution in [1.29, 1.82) is 0 Å². The minimum atomic E-state index is -0.412. The molecule has 108 valence electrons. The van der Waals surface area contributed by atoms with E-state index >= 15 is 0 Å². The number of hydrogen-bond acceptors (Lipinski definition) is 2. The zero-order chi connectivity index (χ0) is 14.7. The zero-order valence-corrected chi connectivity index (χ0v) is 12.3. The fourth-order valence-electron chi connectivity index (χ4n) is 2.23. The van der Waals surface area contributed by atoms with Gasteiger partial charge in [-0.05, 0) is 31.0 Å².